The number of imidazole rings is 1. The van der Waals surface area contributed by atoms with Crippen molar-refractivity contribution in [2.24, 2.45) is 5.92 Å². The minimum Gasteiger partial charge on any atom is -0.342 e. The van der Waals surface area contributed by atoms with E-state index in [1.54, 1.807) is 0 Å². The van der Waals surface area contributed by atoms with Gasteiger partial charge in [0.25, 0.3) is 0 Å². The lowest BCUT2D eigenvalue weighted by Crippen LogP contribution is -2.40. The summed E-state index contributed by atoms with van der Waals surface area (Å²) >= 11 is 0. The van der Waals surface area contributed by atoms with E-state index in [0.717, 1.165) is 50.2 Å². The van der Waals surface area contributed by atoms with Gasteiger partial charge in [-0.15, -0.1) is 0 Å². The molecule has 1 amide bonds. The first-order valence-electron chi connectivity index (χ1n) is 8.62. The Morgan fingerprint density at radius 1 is 1.09 bits per heavy atom. The maximum absolute atomic E-state index is 12.2. The highest BCUT2D eigenvalue weighted by molar-refractivity contribution is 5.81. The standard InChI is InChI=1S/C19H23N3O/c1-14-13-20-18(15-5-3-2-4-6-15)22(14)17-9-11-21(12-10-17)19(23)16-7-8-16/h2-6,13,16-17H,7-12H2,1H3. The number of rotatable bonds is 3. The Kier molecular flexibility index (Phi) is 3.68. The minimum atomic E-state index is 0.335. The van der Waals surface area contributed by atoms with E-state index in [-0.39, 0.29) is 0 Å². The van der Waals surface area contributed by atoms with Gasteiger partial charge in [-0.2, -0.15) is 0 Å². The number of piperidine rings is 1. The molecule has 2 fully saturated rings. The molecule has 2 aromatic rings. The van der Waals surface area contributed by atoms with Crippen LogP contribution in [-0.2, 0) is 4.79 Å². The molecule has 4 rings (SSSR count). The van der Waals surface area contributed by atoms with E-state index >= 15 is 0 Å². The number of hydrogen-bond donors (Lipinski definition) is 0. The highest BCUT2D eigenvalue weighted by atomic mass is 16.2. The number of aromatic nitrogens is 2. The van der Waals surface area contributed by atoms with E-state index < -0.39 is 0 Å². The number of amides is 1. The number of aryl methyl sites for hydroxylation is 1. The monoisotopic (exact) mass is 309 g/mol. The SMILES string of the molecule is Cc1cnc(-c2ccccc2)n1C1CCN(C(=O)C2CC2)CC1. The van der Waals surface area contributed by atoms with E-state index in [1.165, 1.54) is 5.69 Å². The maximum Gasteiger partial charge on any atom is 0.225 e. The van der Waals surface area contributed by atoms with Gasteiger partial charge in [-0.1, -0.05) is 30.3 Å². The lowest BCUT2D eigenvalue weighted by atomic mass is 10.0. The number of carbonyl (C=O) groups excluding carboxylic acids is 1. The smallest absolute Gasteiger partial charge is 0.225 e. The van der Waals surface area contributed by atoms with E-state index in [0.29, 0.717) is 17.9 Å². The zero-order valence-corrected chi connectivity index (χ0v) is 13.6. The zero-order valence-electron chi connectivity index (χ0n) is 13.6. The highest BCUT2D eigenvalue weighted by Gasteiger charge is 2.35. The van der Waals surface area contributed by atoms with Crippen molar-refractivity contribution in [2.45, 2.75) is 38.6 Å². The van der Waals surface area contributed by atoms with Gasteiger partial charge in [0, 0.05) is 42.5 Å². The van der Waals surface area contributed by atoms with Crippen molar-refractivity contribution in [2.75, 3.05) is 13.1 Å². The molecule has 0 atom stereocenters. The van der Waals surface area contributed by atoms with Crippen LogP contribution >= 0.6 is 0 Å². The second kappa shape index (κ2) is 5.84. The van der Waals surface area contributed by atoms with Gasteiger partial charge in [0.1, 0.15) is 5.82 Å². The van der Waals surface area contributed by atoms with Crippen LogP contribution in [0.5, 0.6) is 0 Å². The van der Waals surface area contributed by atoms with Gasteiger partial charge >= 0.3 is 0 Å². The lowest BCUT2D eigenvalue weighted by molar-refractivity contribution is -0.133. The molecular formula is C19H23N3O. The molecule has 1 saturated carbocycles. The first-order valence-corrected chi connectivity index (χ1v) is 8.62. The van der Waals surface area contributed by atoms with Crippen molar-refractivity contribution in [3.63, 3.8) is 0 Å². The summed E-state index contributed by atoms with van der Waals surface area (Å²) < 4.78 is 2.37. The molecule has 2 aliphatic rings. The summed E-state index contributed by atoms with van der Waals surface area (Å²) in [7, 11) is 0. The summed E-state index contributed by atoms with van der Waals surface area (Å²) in [6, 6.07) is 10.8. The molecule has 4 heteroatoms. The largest absolute Gasteiger partial charge is 0.342 e. The van der Waals surface area contributed by atoms with Crippen LogP contribution in [-0.4, -0.2) is 33.4 Å². The number of benzene rings is 1. The Labute approximate surface area is 137 Å². The summed E-state index contributed by atoms with van der Waals surface area (Å²) in [4.78, 5) is 18.9. The third kappa shape index (κ3) is 2.78. The van der Waals surface area contributed by atoms with Gasteiger partial charge in [-0.05, 0) is 32.6 Å². The van der Waals surface area contributed by atoms with Crippen LogP contribution in [0.1, 0.15) is 37.4 Å². The summed E-state index contributed by atoms with van der Waals surface area (Å²) in [5, 5.41) is 0. The summed E-state index contributed by atoms with van der Waals surface area (Å²) in [5.74, 6) is 1.77. The van der Waals surface area contributed by atoms with Crippen LogP contribution in [0.3, 0.4) is 0 Å². The zero-order chi connectivity index (χ0) is 15.8. The Balaban J connectivity index is 1.53. The molecule has 1 aromatic heterocycles. The molecular weight excluding hydrogens is 286 g/mol. The number of likely N-dealkylation sites (tertiary alicyclic amines) is 1. The van der Waals surface area contributed by atoms with Gasteiger partial charge in [-0.25, -0.2) is 4.98 Å². The molecule has 2 heterocycles. The van der Waals surface area contributed by atoms with Gasteiger partial charge in [0.2, 0.25) is 5.91 Å². The number of carbonyl (C=O) groups is 1. The van der Waals surface area contributed by atoms with Gasteiger partial charge in [0.15, 0.2) is 0 Å². The number of hydrogen-bond acceptors (Lipinski definition) is 2. The molecule has 1 aliphatic heterocycles. The van der Waals surface area contributed by atoms with Crippen LogP contribution in [0.4, 0.5) is 0 Å². The van der Waals surface area contributed by atoms with Crippen molar-refractivity contribution in [1.82, 2.24) is 14.5 Å². The first-order chi connectivity index (χ1) is 11.2. The van der Waals surface area contributed by atoms with Gasteiger partial charge < -0.3 is 9.47 Å². The van der Waals surface area contributed by atoms with Crippen molar-refractivity contribution in [3.05, 3.63) is 42.2 Å². The van der Waals surface area contributed by atoms with Gasteiger partial charge in [0.05, 0.1) is 0 Å². The summed E-state index contributed by atoms with van der Waals surface area (Å²) in [5.41, 5.74) is 2.37. The van der Waals surface area contributed by atoms with Crippen molar-refractivity contribution in [1.29, 1.82) is 0 Å². The molecule has 0 N–H and O–H groups in total. The Morgan fingerprint density at radius 3 is 2.43 bits per heavy atom. The molecule has 1 saturated heterocycles. The third-order valence-corrected chi connectivity index (χ3v) is 5.08. The van der Waals surface area contributed by atoms with Crippen LogP contribution < -0.4 is 0 Å². The summed E-state index contributed by atoms with van der Waals surface area (Å²) in [6.07, 6.45) is 6.20. The van der Waals surface area contributed by atoms with E-state index in [9.17, 15) is 4.79 Å². The quantitative estimate of drug-likeness (QED) is 0.871. The third-order valence-electron chi connectivity index (χ3n) is 5.08. The van der Waals surface area contributed by atoms with E-state index in [4.69, 9.17) is 0 Å². The lowest BCUT2D eigenvalue weighted by Gasteiger charge is -2.34. The molecule has 120 valence electrons. The van der Waals surface area contributed by atoms with Crippen molar-refractivity contribution < 1.29 is 4.79 Å². The maximum atomic E-state index is 12.2. The van der Waals surface area contributed by atoms with Crippen LogP contribution in [0, 0.1) is 12.8 Å². The number of nitrogens with zero attached hydrogens (tertiary/aromatic N) is 3. The molecule has 1 aromatic carbocycles. The van der Waals surface area contributed by atoms with Crippen LogP contribution in [0.2, 0.25) is 0 Å². The molecule has 0 unspecified atom stereocenters. The fourth-order valence-electron chi connectivity index (χ4n) is 3.64. The highest BCUT2D eigenvalue weighted by Crippen LogP contribution is 2.34. The normalized spacial score (nSPS) is 19.1. The molecule has 0 bridgehead atoms. The Bertz CT molecular complexity index is 695. The van der Waals surface area contributed by atoms with Crippen LogP contribution in [0.25, 0.3) is 11.4 Å². The molecule has 0 spiro atoms. The second-order valence-electron chi connectivity index (χ2n) is 6.79. The van der Waals surface area contributed by atoms with Crippen LogP contribution in [0.15, 0.2) is 36.5 Å². The topological polar surface area (TPSA) is 38.1 Å². The fraction of sp³-hybridized carbons (Fsp3) is 0.474. The molecule has 1 aliphatic carbocycles. The average Bonchev–Trinajstić information content (AvgIpc) is 3.38. The molecule has 0 radical (unpaired) electrons. The Hall–Kier alpha value is -2.10. The Morgan fingerprint density at radius 2 is 1.78 bits per heavy atom. The average molecular weight is 309 g/mol. The predicted octanol–water partition coefficient (Wildman–Crippen LogP) is 3.43. The van der Waals surface area contributed by atoms with E-state index in [1.807, 2.05) is 12.3 Å². The minimum absolute atomic E-state index is 0.335. The van der Waals surface area contributed by atoms with Gasteiger partial charge in [-0.3, -0.25) is 4.79 Å². The molecule has 23 heavy (non-hydrogen) atoms. The first kappa shape index (κ1) is 14.5. The van der Waals surface area contributed by atoms with Crippen molar-refractivity contribution >= 4 is 5.91 Å². The van der Waals surface area contributed by atoms with E-state index in [2.05, 4.69) is 45.6 Å². The summed E-state index contributed by atoms with van der Waals surface area (Å²) in [6.45, 7) is 3.89. The second-order valence-corrected chi connectivity index (χ2v) is 6.79. The fourth-order valence-corrected chi connectivity index (χ4v) is 3.64. The molecule has 4 nitrogen and oxygen atoms in total. The van der Waals surface area contributed by atoms with Crippen molar-refractivity contribution in [3.8, 4) is 11.4 Å². The predicted molar refractivity (Wildman–Crippen MR) is 90.0 cm³/mol.